The largest absolute Gasteiger partial charge is 0.472 e. The zero-order valence-corrected chi connectivity index (χ0v) is 25.4. The molecule has 0 aromatic heterocycles. The number of hydrogen-bond acceptors (Lipinski definition) is 5. The molecule has 8 nitrogen and oxygen atoms in total. The van der Waals surface area contributed by atoms with E-state index in [1.165, 1.54) is 51.4 Å². The first-order valence-electron chi connectivity index (χ1n) is 14.6. The molecule has 0 saturated heterocycles. The molecule has 0 fully saturated rings. The van der Waals surface area contributed by atoms with Gasteiger partial charge in [-0.15, -0.1) is 0 Å². The summed E-state index contributed by atoms with van der Waals surface area (Å²) in [4.78, 5) is 22.6. The summed E-state index contributed by atoms with van der Waals surface area (Å²) in [6.45, 7) is 4.67. The molecule has 0 radical (unpaired) electrons. The highest BCUT2D eigenvalue weighted by molar-refractivity contribution is 7.47. The van der Waals surface area contributed by atoms with Gasteiger partial charge in [0.1, 0.15) is 13.2 Å². The predicted octanol–water partition coefficient (Wildman–Crippen LogP) is 6.12. The summed E-state index contributed by atoms with van der Waals surface area (Å²) in [5.74, 6) is -0.191. The van der Waals surface area contributed by atoms with Gasteiger partial charge in [0, 0.05) is 6.42 Å². The van der Waals surface area contributed by atoms with Crippen molar-refractivity contribution < 1.29 is 32.9 Å². The number of likely N-dealkylation sites (N-methyl/N-ethyl adjacent to an activating group) is 1. The SMILES string of the molecule is CCCCCCCC/C=C/C(O)C(COP(=O)(O)OCC[N+](C)(C)C)NC(=O)CCCCCCCCC. The van der Waals surface area contributed by atoms with E-state index in [9.17, 15) is 19.4 Å². The highest BCUT2D eigenvalue weighted by Crippen LogP contribution is 2.43. The van der Waals surface area contributed by atoms with Gasteiger partial charge >= 0.3 is 7.82 Å². The maximum atomic E-state index is 12.5. The summed E-state index contributed by atoms with van der Waals surface area (Å²) in [5, 5.41) is 13.5. The van der Waals surface area contributed by atoms with Crippen LogP contribution < -0.4 is 5.32 Å². The molecule has 1 amide bonds. The summed E-state index contributed by atoms with van der Waals surface area (Å²) in [5.41, 5.74) is 0. The third-order valence-electron chi connectivity index (χ3n) is 6.26. The van der Waals surface area contributed by atoms with Crippen molar-refractivity contribution in [2.45, 2.75) is 122 Å². The number of hydrogen-bond donors (Lipinski definition) is 3. The maximum Gasteiger partial charge on any atom is 0.472 e. The van der Waals surface area contributed by atoms with Crippen LogP contribution in [0.5, 0.6) is 0 Å². The molecule has 9 heteroatoms. The minimum absolute atomic E-state index is 0.0628. The molecule has 0 aromatic carbocycles. The van der Waals surface area contributed by atoms with Crippen molar-refractivity contribution in [3.05, 3.63) is 12.2 Å². The molecule has 3 unspecified atom stereocenters. The Morgan fingerprint density at radius 3 is 2.00 bits per heavy atom. The van der Waals surface area contributed by atoms with Crippen LogP contribution in [0.25, 0.3) is 0 Å². The Balaban J connectivity index is 4.73. The third-order valence-corrected chi connectivity index (χ3v) is 7.24. The third kappa shape index (κ3) is 24.0. The number of quaternary nitrogens is 1. The molecular formula is C28H58N2O6P+. The van der Waals surface area contributed by atoms with Crippen molar-refractivity contribution in [2.75, 3.05) is 40.9 Å². The second kappa shape index (κ2) is 22.1. The number of unbranched alkanes of at least 4 members (excludes halogenated alkanes) is 12. The molecule has 3 atom stereocenters. The average Bonchev–Trinajstić information content (AvgIpc) is 2.81. The number of phosphoric acid groups is 1. The molecular weight excluding hydrogens is 491 g/mol. The van der Waals surface area contributed by atoms with Crippen LogP contribution in [0.15, 0.2) is 12.2 Å². The number of carbonyl (C=O) groups is 1. The number of allylic oxidation sites excluding steroid dienone is 1. The second-order valence-corrected chi connectivity index (χ2v) is 12.6. The lowest BCUT2D eigenvalue weighted by Crippen LogP contribution is -2.45. The fourth-order valence-electron chi connectivity index (χ4n) is 3.80. The minimum atomic E-state index is -4.30. The van der Waals surface area contributed by atoms with E-state index in [-0.39, 0.29) is 19.1 Å². The van der Waals surface area contributed by atoms with Crippen molar-refractivity contribution in [1.29, 1.82) is 0 Å². The first-order chi connectivity index (χ1) is 17.5. The van der Waals surface area contributed by atoms with Gasteiger partial charge in [-0.05, 0) is 19.3 Å². The number of aliphatic hydroxyl groups is 1. The van der Waals surface area contributed by atoms with E-state index < -0.39 is 20.0 Å². The van der Waals surface area contributed by atoms with Gasteiger partial charge < -0.3 is 19.8 Å². The molecule has 0 rings (SSSR count). The standard InChI is InChI=1S/C28H57N2O6P/c1-6-8-10-12-14-16-17-19-21-27(31)26(25-36-37(33,34)35-24-23-30(3,4)5)29-28(32)22-20-18-15-13-11-9-7-2/h19,21,26-27,31H,6-18,20,22-25H2,1-5H3,(H-,29,32,33,34)/p+1/b21-19+. The zero-order valence-electron chi connectivity index (χ0n) is 24.5. The van der Waals surface area contributed by atoms with Crippen LogP contribution >= 0.6 is 7.82 Å². The molecule has 0 heterocycles. The quantitative estimate of drug-likeness (QED) is 0.0548. The second-order valence-electron chi connectivity index (χ2n) is 11.1. The Bertz CT molecular complexity index is 639. The normalized spacial score (nSPS) is 15.5. The molecule has 220 valence electrons. The van der Waals surface area contributed by atoms with Crippen LogP contribution in [0.2, 0.25) is 0 Å². The fraction of sp³-hybridized carbons (Fsp3) is 0.893. The van der Waals surface area contributed by atoms with Gasteiger partial charge in [-0.2, -0.15) is 0 Å². The molecule has 0 saturated carbocycles. The molecule has 0 aliphatic rings. The van der Waals surface area contributed by atoms with Gasteiger partial charge in [-0.25, -0.2) is 4.57 Å². The minimum Gasteiger partial charge on any atom is -0.387 e. The van der Waals surface area contributed by atoms with E-state index in [4.69, 9.17) is 9.05 Å². The summed E-state index contributed by atoms with van der Waals surface area (Å²) in [7, 11) is 1.56. The maximum absolute atomic E-state index is 12.5. The van der Waals surface area contributed by atoms with Crippen molar-refractivity contribution >= 4 is 13.7 Å². The van der Waals surface area contributed by atoms with E-state index in [0.717, 1.165) is 38.5 Å². The Morgan fingerprint density at radius 2 is 1.43 bits per heavy atom. The Labute approximate surface area is 227 Å². The van der Waals surface area contributed by atoms with E-state index in [1.807, 2.05) is 27.2 Å². The molecule has 0 spiro atoms. The predicted molar refractivity (Wildman–Crippen MR) is 152 cm³/mol. The first kappa shape index (κ1) is 36.2. The van der Waals surface area contributed by atoms with Gasteiger partial charge in [0.2, 0.25) is 5.91 Å². The lowest BCUT2D eigenvalue weighted by atomic mass is 10.1. The summed E-state index contributed by atoms with van der Waals surface area (Å²) in [6.07, 6.45) is 18.7. The number of rotatable bonds is 25. The fourth-order valence-corrected chi connectivity index (χ4v) is 4.54. The van der Waals surface area contributed by atoms with Crippen molar-refractivity contribution in [1.82, 2.24) is 5.32 Å². The van der Waals surface area contributed by atoms with Gasteiger partial charge in [-0.1, -0.05) is 96.6 Å². The molecule has 0 aliphatic heterocycles. The number of nitrogens with one attached hydrogen (secondary N) is 1. The Morgan fingerprint density at radius 1 is 0.892 bits per heavy atom. The first-order valence-corrected chi connectivity index (χ1v) is 16.1. The lowest BCUT2D eigenvalue weighted by Gasteiger charge is -2.25. The van der Waals surface area contributed by atoms with Crippen LogP contribution in [0.3, 0.4) is 0 Å². The highest BCUT2D eigenvalue weighted by atomic mass is 31.2. The van der Waals surface area contributed by atoms with Crippen molar-refractivity contribution in [2.24, 2.45) is 0 Å². The number of carbonyl (C=O) groups excluding carboxylic acids is 1. The average molecular weight is 550 g/mol. The monoisotopic (exact) mass is 549 g/mol. The number of amides is 1. The highest BCUT2D eigenvalue weighted by Gasteiger charge is 2.27. The summed E-state index contributed by atoms with van der Waals surface area (Å²) < 4.78 is 23.2. The van der Waals surface area contributed by atoms with Crippen LogP contribution in [0.4, 0.5) is 0 Å². The molecule has 0 aromatic rings. The molecule has 37 heavy (non-hydrogen) atoms. The van der Waals surface area contributed by atoms with E-state index in [1.54, 1.807) is 6.08 Å². The zero-order chi connectivity index (χ0) is 28.0. The topological polar surface area (TPSA) is 105 Å². The van der Waals surface area contributed by atoms with E-state index in [2.05, 4.69) is 19.2 Å². The summed E-state index contributed by atoms with van der Waals surface area (Å²) in [6, 6.07) is -0.833. The van der Waals surface area contributed by atoms with Crippen LogP contribution in [-0.2, 0) is 18.4 Å². The van der Waals surface area contributed by atoms with Gasteiger partial charge in [-0.3, -0.25) is 13.8 Å². The molecule has 3 N–H and O–H groups in total. The number of phosphoric ester groups is 1. The summed E-state index contributed by atoms with van der Waals surface area (Å²) >= 11 is 0. The van der Waals surface area contributed by atoms with Crippen molar-refractivity contribution in [3.63, 3.8) is 0 Å². The Kier molecular flexibility index (Phi) is 21.6. The van der Waals surface area contributed by atoms with E-state index >= 15 is 0 Å². The van der Waals surface area contributed by atoms with Crippen LogP contribution in [-0.4, -0.2) is 73.4 Å². The van der Waals surface area contributed by atoms with Crippen LogP contribution in [0.1, 0.15) is 110 Å². The lowest BCUT2D eigenvalue weighted by molar-refractivity contribution is -0.870. The number of nitrogens with zero attached hydrogens (tertiary/aromatic N) is 1. The smallest absolute Gasteiger partial charge is 0.387 e. The van der Waals surface area contributed by atoms with Crippen molar-refractivity contribution in [3.8, 4) is 0 Å². The molecule has 0 aliphatic carbocycles. The number of aliphatic hydroxyl groups excluding tert-OH is 1. The van der Waals surface area contributed by atoms with Crippen LogP contribution in [0, 0.1) is 0 Å². The van der Waals surface area contributed by atoms with Gasteiger partial charge in [0.15, 0.2) is 0 Å². The Hall–Kier alpha value is -0.760. The van der Waals surface area contributed by atoms with Gasteiger partial charge in [0.25, 0.3) is 0 Å². The van der Waals surface area contributed by atoms with E-state index in [0.29, 0.717) is 17.4 Å². The molecule has 0 bridgehead atoms. The van der Waals surface area contributed by atoms with Gasteiger partial charge in [0.05, 0.1) is 39.9 Å².